The number of ether oxygens (including phenoxy) is 1. The van der Waals surface area contributed by atoms with Gasteiger partial charge in [-0.15, -0.1) is 0 Å². The van der Waals surface area contributed by atoms with Crippen LogP contribution in [-0.2, 0) is 19.6 Å². The van der Waals surface area contributed by atoms with E-state index in [1.165, 1.54) is 4.31 Å². The van der Waals surface area contributed by atoms with Crippen LogP contribution in [0, 0.1) is 6.92 Å². The lowest BCUT2D eigenvalue weighted by Gasteiger charge is -2.24. The smallest absolute Gasteiger partial charge is 0.232 e. The standard InChI is InChI=1S/C17H25ClN2O4S/c1-13-7-8-14(18)11-16(13)20(25(2,22)23)9-3-6-17(21)19-12-15-5-4-10-24-15/h7-8,11,15H,3-6,9-10,12H2,1-2H3,(H,19,21). The van der Waals surface area contributed by atoms with Gasteiger partial charge in [0.15, 0.2) is 0 Å². The Balaban J connectivity index is 1.90. The van der Waals surface area contributed by atoms with Gasteiger partial charge in [-0.2, -0.15) is 0 Å². The summed E-state index contributed by atoms with van der Waals surface area (Å²) in [6, 6.07) is 5.14. The number of carbonyl (C=O) groups is 1. The van der Waals surface area contributed by atoms with Gasteiger partial charge in [0.2, 0.25) is 15.9 Å². The second kappa shape index (κ2) is 8.87. The Kier molecular flexibility index (Phi) is 7.10. The SMILES string of the molecule is Cc1ccc(Cl)cc1N(CCCC(=O)NCC1CCCO1)S(C)(=O)=O. The number of anilines is 1. The molecule has 0 saturated carbocycles. The van der Waals surface area contributed by atoms with Crippen molar-refractivity contribution in [3.05, 3.63) is 28.8 Å². The van der Waals surface area contributed by atoms with Crippen molar-refractivity contribution in [2.24, 2.45) is 0 Å². The van der Waals surface area contributed by atoms with Gasteiger partial charge >= 0.3 is 0 Å². The van der Waals surface area contributed by atoms with Crippen LogP contribution in [0.25, 0.3) is 0 Å². The number of nitrogens with zero attached hydrogens (tertiary/aromatic N) is 1. The predicted octanol–water partition coefficient (Wildman–Crippen LogP) is 2.49. The molecule has 1 amide bonds. The number of hydrogen-bond donors (Lipinski definition) is 1. The third-order valence-electron chi connectivity index (χ3n) is 4.16. The molecule has 1 heterocycles. The fourth-order valence-electron chi connectivity index (χ4n) is 2.82. The van der Waals surface area contributed by atoms with E-state index in [1.807, 2.05) is 6.92 Å². The number of sulfonamides is 1. The minimum atomic E-state index is -3.46. The van der Waals surface area contributed by atoms with Gasteiger partial charge in [-0.05, 0) is 43.9 Å². The van der Waals surface area contributed by atoms with Gasteiger partial charge in [0.25, 0.3) is 0 Å². The van der Waals surface area contributed by atoms with Crippen molar-refractivity contribution >= 4 is 33.2 Å². The van der Waals surface area contributed by atoms with Crippen molar-refractivity contribution in [2.75, 3.05) is 30.3 Å². The lowest BCUT2D eigenvalue weighted by Crippen LogP contribution is -2.34. The highest BCUT2D eigenvalue weighted by Crippen LogP contribution is 2.26. The monoisotopic (exact) mass is 388 g/mol. The molecule has 0 aromatic heterocycles. The summed E-state index contributed by atoms with van der Waals surface area (Å²) < 4.78 is 31.0. The zero-order valence-electron chi connectivity index (χ0n) is 14.6. The van der Waals surface area contributed by atoms with Gasteiger partial charge < -0.3 is 10.1 Å². The van der Waals surface area contributed by atoms with E-state index in [1.54, 1.807) is 18.2 Å². The van der Waals surface area contributed by atoms with E-state index in [0.29, 0.717) is 23.7 Å². The molecular formula is C17H25ClN2O4S. The van der Waals surface area contributed by atoms with Crippen LogP contribution in [0.5, 0.6) is 0 Å². The summed E-state index contributed by atoms with van der Waals surface area (Å²) in [5, 5.41) is 3.32. The maximum Gasteiger partial charge on any atom is 0.232 e. The molecule has 6 nitrogen and oxygen atoms in total. The first kappa shape index (κ1) is 20.0. The number of hydrogen-bond acceptors (Lipinski definition) is 4. The molecule has 1 atom stereocenters. The van der Waals surface area contributed by atoms with Crippen LogP contribution in [0.4, 0.5) is 5.69 Å². The molecule has 8 heteroatoms. The first-order valence-electron chi connectivity index (χ1n) is 8.39. The van der Waals surface area contributed by atoms with Crippen molar-refractivity contribution in [2.45, 2.75) is 38.7 Å². The summed E-state index contributed by atoms with van der Waals surface area (Å²) in [5.74, 6) is -0.0910. The molecule has 0 bridgehead atoms. The molecule has 25 heavy (non-hydrogen) atoms. The van der Waals surface area contributed by atoms with Crippen molar-refractivity contribution in [1.29, 1.82) is 0 Å². The van der Waals surface area contributed by atoms with Crippen LogP contribution >= 0.6 is 11.6 Å². The van der Waals surface area contributed by atoms with Gasteiger partial charge in [-0.3, -0.25) is 9.10 Å². The first-order chi connectivity index (χ1) is 11.8. The molecule has 1 aromatic carbocycles. The third-order valence-corrected chi connectivity index (χ3v) is 5.57. The third kappa shape index (κ3) is 6.17. The Labute approximate surface area is 154 Å². The van der Waals surface area contributed by atoms with Crippen LogP contribution < -0.4 is 9.62 Å². The second-order valence-electron chi connectivity index (χ2n) is 6.31. The summed E-state index contributed by atoms with van der Waals surface area (Å²) in [7, 11) is -3.46. The average Bonchev–Trinajstić information content (AvgIpc) is 3.04. The number of halogens is 1. The molecule has 1 aliphatic rings. The van der Waals surface area contributed by atoms with Crippen molar-refractivity contribution < 1.29 is 17.9 Å². The van der Waals surface area contributed by atoms with Gasteiger partial charge in [-0.1, -0.05) is 17.7 Å². The highest BCUT2D eigenvalue weighted by Gasteiger charge is 2.20. The maximum atomic E-state index is 12.1. The van der Waals surface area contributed by atoms with Crippen molar-refractivity contribution in [3.8, 4) is 0 Å². The van der Waals surface area contributed by atoms with E-state index >= 15 is 0 Å². The molecule has 1 unspecified atom stereocenters. The average molecular weight is 389 g/mol. The molecule has 0 aliphatic carbocycles. The number of carbonyl (C=O) groups excluding carboxylic acids is 1. The van der Waals surface area contributed by atoms with Gasteiger partial charge in [0, 0.05) is 31.1 Å². The zero-order valence-corrected chi connectivity index (χ0v) is 16.2. The summed E-state index contributed by atoms with van der Waals surface area (Å²) >= 11 is 6.00. The highest BCUT2D eigenvalue weighted by molar-refractivity contribution is 7.92. The van der Waals surface area contributed by atoms with Crippen molar-refractivity contribution in [3.63, 3.8) is 0 Å². The van der Waals surface area contributed by atoms with Gasteiger partial charge in [0.05, 0.1) is 18.0 Å². The molecule has 0 radical (unpaired) electrons. The van der Waals surface area contributed by atoms with Crippen LogP contribution in [-0.4, -0.2) is 46.4 Å². The van der Waals surface area contributed by atoms with Gasteiger partial charge in [-0.25, -0.2) is 8.42 Å². The Morgan fingerprint density at radius 3 is 2.84 bits per heavy atom. The Morgan fingerprint density at radius 1 is 1.44 bits per heavy atom. The first-order valence-corrected chi connectivity index (χ1v) is 10.6. The van der Waals surface area contributed by atoms with Crippen LogP contribution in [0.15, 0.2) is 18.2 Å². The van der Waals surface area contributed by atoms with Gasteiger partial charge in [0.1, 0.15) is 0 Å². The molecular weight excluding hydrogens is 364 g/mol. The van der Waals surface area contributed by atoms with Crippen LogP contribution in [0.2, 0.25) is 5.02 Å². The summed E-state index contributed by atoms with van der Waals surface area (Å²) in [4.78, 5) is 11.9. The Bertz CT molecular complexity index is 703. The van der Waals surface area contributed by atoms with Crippen LogP contribution in [0.1, 0.15) is 31.2 Å². The summed E-state index contributed by atoms with van der Waals surface area (Å²) in [6.07, 6.45) is 3.95. The Morgan fingerprint density at radius 2 is 2.20 bits per heavy atom. The molecule has 2 rings (SSSR count). The summed E-state index contributed by atoms with van der Waals surface area (Å²) in [5.41, 5.74) is 1.37. The number of amides is 1. The number of benzene rings is 1. The van der Waals surface area contributed by atoms with Crippen molar-refractivity contribution in [1.82, 2.24) is 5.32 Å². The van der Waals surface area contributed by atoms with E-state index in [2.05, 4.69) is 5.32 Å². The highest BCUT2D eigenvalue weighted by atomic mass is 35.5. The molecule has 1 aromatic rings. The fraction of sp³-hybridized carbons (Fsp3) is 0.588. The maximum absolute atomic E-state index is 12.1. The van der Waals surface area contributed by atoms with Crippen LogP contribution in [0.3, 0.4) is 0 Å². The summed E-state index contributed by atoms with van der Waals surface area (Å²) in [6.45, 7) is 3.33. The fourth-order valence-corrected chi connectivity index (χ4v) is 4.00. The number of aryl methyl sites for hydroxylation is 1. The predicted molar refractivity (Wildman–Crippen MR) is 99.6 cm³/mol. The quantitative estimate of drug-likeness (QED) is 0.742. The van der Waals surface area contributed by atoms with E-state index < -0.39 is 10.0 Å². The molecule has 140 valence electrons. The zero-order chi connectivity index (χ0) is 18.4. The van der Waals surface area contributed by atoms with E-state index in [9.17, 15) is 13.2 Å². The number of rotatable bonds is 8. The minimum Gasteiger partial charge on any atom is -0.376 e. The largest absolute Gasteiger partial charge is 0.376 e. The molecule has 1 saturated heterocycles. The van der Waals surface area contributed by atoms with E-state index in [-0.39, 0.29) is 25.0 Å². The minimum absolute atomic E-state index is 0.0910. The molecule has 1 aliphatic heterocycles. The lowest BCUT2D eigenvalue weighted by molar-refractivity contribution is -0.121. The normalized spacial score (nSPS) is 17.5. The van der Waals surface area contributed by atoms with E-state index in [4.69, 9.17) is 16.3 Å². The molecule has 1 fully saturated rings. The molecule has 0 spiro atoms. The van der Waals surface area contributed by atoms with E-state index in [0.717, 1.165) is 31.3 Å². The number of nitrogens with one attached hydrogen (secondary N) is 1. The second-order valence-corrected chi connectivity index (χ2v) is 8.65. The molecule has 1 N–H and O–H groups in total. The lowest BCUT2D eigenvalue weighted by atomic mass is 10.2. The Hall–Kier alpha value is -1.31. The topological polar surface area (TPSA) is 75.7 Å².